The van der Waals surface area contributed by atoms with E-state index < -0.39 is 6.61 Å². The van der Waals surface area contributed by atoms with Crippen molar-refractivity contribution in [3.8, 4) is 5.75 Å². The minimum Gasteiger partial charge on any atom is -0.433 e. The van der Waals surface area contributed by atoms with Crippen molar-refractivity contribution in [2.75, 3.05) is 18.9 Å². The number of halogens is 3. The van der Waals surface area contributed by atoms with Crippen LogP contribution in [0.3, 0.4) is 0 Å². The van der Waals surface area contributed by atoms with Crippen LogP contribution in [0.15, 0.2) is 53.0 Å². The maximum Gasteiger partial charge on any atom is 0.387 e. The van der Waals surface area contributed by atoms with E-state index in [4.69, 9.17) is 0 Å². The molecule has 0 aliphatic heterocycles. The molecule has 0 fully saturated rings. The fourth-order valence-electron chi connectivity index (χ4n) is 2.18. The van der Waals surface area contributed by atoms with Gasteiger partial charge in [-0.3, -0.25) is 9.69 Å². The molecule has 4 nitrogen and oxygen atoms in total. The Hall–Kier alpha value is -1.99. The quantitative estimate of drug-likeness (QED) is 0.762. The molecule has 0 radical (unpaired) electrons. The number of hydrogen-bond acceptors (Lipinski definition) is 3. The van der Waals surface area contributed by atoms with Gasteiger partial charge >= 0.3 is 6.61 Å². The second kappa shape index (κ2) is 8.75. The molecule has 128 valence electrons. The van der Waals surface area contributed by atoms with E-state index in [1.54, 1.807) is 19.2 Å². The molecule has 24 heavy (non-hydrogen) atoms. The van der Waals surface area contributed by atoms with Gasteiger partial charge in [-0.2, -0.15) is 8.78 Å². The van der Waals surface area contributed by atoms with Gasteiger partial charge in [-0.05, 0) is 30.8 Å². The Labute approximate surface area is 147 Å². The number of alkyl halides is 2. The third-order valence-electron chi connectivity index (χ3n) is 3.19. The fourth-order valence-corrected chi connectivity index (χ4v) is 2.59. The van der Waals surface area contributed by atoms with E-state index >= 15 is 0 Å². The van der Waals surface area contributed by atoms with E-state index in [1.165, 1.54) is 12.1 Å². The first kappa shape index (κ1) is 18.4. The summed E-state index contributed by atoms with van der Waals surface area (Å²) in [5, 5.41) is 2.60. The largest absolute Gasteiger partial charge is 0.433 e. The number of para-hydroxylation sites is 2. The van der Waals surface area contributed by atoms with Gasteiger partial charge in [-0.25, -0.2) is 0 Å². The lowest BCUT2D eigenvalue weighted by atomic mass is 10.2. The van der Waals surface area contributed by atoms with Crippen LogP contribution in [0.4, 0.5) is 14.5 Å². The van der Waals surface area contributed by atoms with Gasteiger partial charge in [0, 0.05) is 11.0 Å². The highest BCUT2D eigenvalue weighted by Crippen LogP contribution is 2.25. The van der Waals surface area contributed by atoms with Gasteiger partial charge in [-0.15, -0.1) is 0 Å². The van der Waals surface area contributed by atoms with E-state index in [9.17, 15) is 13.6 Å². The Balaban J connectivity index is 1.95. The normalized spacial score (nSPS) is 10.9. The molecule has 0 saturated heterocycles. The number of nitrogens with one attached hydrogen (secondary N) is 1. The van der Waals surface area contributed by atoms with Crippen LogP contribution in [0.25, 0.3) is 0 Å². The number of nitrogens with zero attached hydrogens (tertiary/aromatic N) is 1. The van der Waals surface area contributed by atoms with Crippen molar-refractivity contribution >= 4 is 27.5 Å². The Morgan fingerprint density at radius 1 is 1.21 bits per heavy atom. The number of carbonyl (C=O) groups is 1. The second-order valence-corrected chi connectivity index (χ2v) is 6.04. The van der Waals surface area contributed by atoms with Crippen LogP contribution in [-0.4, -0.2) is 31.0 Å². The molecule has 0 spiro atoms. The average molecular weight is 399 g/mol. The van der Waals surface area contributed by atoms with Gasteiger partial charge < -0.3 is 10.1 Å². The molecule has 2 aromatic rings. The predicted octanol–water partition coefficient (Wildman–Crippen LogP) is 4.12. The van der Waals surface area contributed by atoms with E-state index in [0.717, 1.165) is 10.0 Å². The summed E-state index contributed by atoms with van der Waals surface area (Å²) in [7, 11) is 1.81. The molecular formula is C17H17BrF2N2O2. The molecule has 0 atom stereocenters. The zero-order valence-corrected chi connectivity index (χ0v) is 14.6. The number of benzene rings is 2. The highest BCUT2D eigenvalue weighted by molar-refractivity contribution is 9.10. The molecule has 7 heteroatoms. The number of likely N-dealkylation sites (N-methyl/N-ethyl adjacent to an activating group) is 1. The van der Waals surface area contributed by atoms with Gasteiger partial charge in [0.05, 0.1) is 12.2 Å². The highest BCUT2D eigenvalue weighted by Gasteiger charge is 2.13. The summed E-state index contributed by atoms with van der Waals surface area (Å²) in [5.41, 5.74) is 1.27. The van der Waals surface area contributed by atoms with Gasteiger partial charge in [0.15, 0.2) is 0 Å². The SMILES string of the molecule is CN(CC(=O)Nc1ccccc1OC(F)F)Cc1ccccc1Br. The van der Waals surface area contributed by atoms with Crippen LogP contribution in [-0.2, 0) is 11.3 Å². The van der Waals surface area contributed by atoms with Crippen LogP contribution in [0.2, 0.25) is 0 Å². The molecule has 1 N–H and O–H groups in total. The van der Waals surface area contributed by atoms with Crippen molar-refractivity contribution in [3.05, 3.63) is 58.6 Å². The number of hydrogen-bond donors (Lipinski definition) is 1. The number of ether oxygens (including phenoxy) is 1. The molecule has 0 unspecified atom stereocenters. The van der Waals surface area contributed by atoms with Crippen LogP contribution in [0, 0.1) is 0 Å². The van der Waals surface area contributed by atoms with Gasteiger partial charge in [0.25, 0.3) is 0 Å². The Bertz CT molecular complexity index is 698. The smallest absolute Gasteiger partial charge is 0.387 e. The molecule has 2 aromatic carbocycles. The van der Waals surface area contributed by atoms with Gasteiger partial charge in [0.1, 0.15) is 5.75 Å². The fraction of sp³-hybridized carbons (Fsp3) is 0.235. The standard InChI is InChI=1S/C17H17BrF2N2O2/c1-22(10-12-6-2-3-7-13(12)18)11-16(23)21-14-8-4-5-9-15(14)24-17(19)20/h2-9,17H,10-11H2,1H3,(H,21,23). The summed E-state index contributed by atoms with van der Waals surface area (Å²) in [6.45, 7) is -2.25. The molecule has 0 aromatic heterocycles. The van der Waals surface area contributed by atoms with E-state index in [1.807, 2.05) is 29.2 Å². The van der Waals surface area contributed by atoms with Crippen LogP contribution >= 0.6 is 15.9 Å². The van der Waals surface area contributed by atoms with Crippen molar-refractivity contribution < 1.29 is 18.3 Å². The Kier molecular flexibility index (Phi) is 6.69. The number of amides is 1. The van der Waals surface area contributed by atoms with Crippen LogP contribution in [0.5, 0.6) is 5.75 Å². The van der Waals surface area contributed by atoms with E-state index in [2.05, 4.69) is 26.0 Å². The monoisotopic (exact) mass is 398 g/mol. The lowest BCUT2D eigenvalue weighted by molar-refractivity contribution is -0.117. The zero-order valence-electron chi connectivity index (χ0n) is 13.0. The summed E-state index contributed by atoms with van der Waals surface area (Å²) in [6.07, 6.45) is 0. The van der Waals surface area contributed by atoms with Gasteiger partial charge in [0.2, 0.25) is 5.91 Å². The Morgan fingerprint density at radius 2 is 1.88 bits per heavy atom. The maximum atomic E-state index is 12.4. The van der Waals surface area contributed by atoms with Crippen molar-refractivity contribution in [3.63, 3.8) is 0 Å². The lowest BCUT2D eigenvalue weighted by Gasteiger charge is -2.18. The minimum absolute atomic E-state index is 0.0608. The van der Waals surface area contributed by atoms with Crippen LogP contribution < -0.4 is 10.1 Å². The summed E-state index contributed by atoms with van der Waals surface area (Å²) >= 11 is 3.46. The first-order valence-electron chi connectivity index (χ1n) is 7.21. The van der Waals surface area contributed by atoms with Crippen molar-refractivity contribution in [1.29, 1.82) is 0 Å². The topological polar surface area (TPSA) is 41.6 Å². The van der Waals surface area contributed by atoms with Crippen molar-refractivity contribution in [2.24, 2.45) is 0 Å². The minimum atomic E-state index is -2.94. The summed E-state index contributed by atoms with van der Waals surface area (Å²) in [5.74, 6) is -0.371. The molecule has 1 amide bonds. The number of anilines is 1. The van der Waals surface area contributed by atoms with Crippen LogP contribution in [0.1, 0.15) is 5.56 Å². The third-order valence-corrected chi connectivity index (χ3v) is 3.96. The van der Waals surface area contributed by atoms with Crippen molar-refractivity contribution in [2.45, 2.75) is 13.2 Å². The maximum absolute atomic E-state index is 12.4. The second-order valence-electron chi connectivity index (χ2n) is 5.19. The summed E-state index contributed by atoms with van der Waals surface area (Å²) < 4.78 is 30.1. The zero-order chi connectivity index (χ0) is 17.5. The van der Waals surface area contributed by atoms with Crippen molar-refractivity contribution in [1.82, 2.24) is 4.90 Å². The molecule has 0 bridgehead atoms. The highest BCUT2D eigenvalue weighted by atomic mass is 79.9. The molecule has 0 aliphatic rings. The molecule has 0 heterocycles. The van der Waals surface area contributed by atoms with E-state index in [-0.39, 0.29) is 23.9 Å². The van der Waals surface area contributed by atoms with Gasteiger partial charge in [-0.1, -0.05) is 46.3 Å². The molecule has 2 rings (SSSR count). The lowest BCUT2D eigenvalue weighted by Crippen LogP contribution is -2.30. The number of carbonyl (C=O) groups excluding carboxylic acids is 1. The Morgan fingerprint density at radius 3 is 2.58 bits per heavy atom. The average Bonchev–Trinajstić information content (AvgIpc) is 2.51. The predicted molar refractivity (Wildman–Crippen MR) is 92.2 cm³/mol. The summed E-state index contributed by atoms with van der Waals surface area (Å²) in [6, 6.07) is 13.8. The first-order valence-corrected chi connectivity index (χ1v) is 8.00. The molecule has 0 aliphatic carbocycles. The summed E-state index contributed by atoms with van der Waals surface area (Å²) in [4.78, 5) is 14.0. The first-order chi connectivity index (χ1) is 11.5. The molecular weight excluding hydrogens is 382 g/mol. The van der Waals surface area contributed by atoms with E-state index in [0.29, 0.717) is 6.54 Å². The molecule has 0 saturated carbocycles. The third kappa shape index (κ3) is 5.58. The number of rotatable bonds is 7.